The smallest absolute Gasteiger partial charge is 0.179 e. The van der Waals surface area contributed by atoms with Gasteiger partial charge in [-0.05, 0) is 44.0 Å². The highest BCUT2D eigenvalue weighted by molar-refractivity contribution is 6.00. The Kier molecular flexibility index (Phi) is 3.76. The van der Waals surface area contributed by atoms with Crippen LogP contribution in [0.15, 0.2) is 18.2 Å². The van der Waals surface area contributed by atoms with Gasteiger partial charge in [0, 0.05) is 43.5 Å². The molecule has 20 heavy (non-hydrogen) atoms. The van der Waals surface area contributed by atoms with Gasteiger partial charge < -0.3 is 10.6 Å². The molecule has 4 heteroatoms. The maximum Gasteiger partial charge on any atom is 0.179 e. The summed E-state index contributed by atoms with van der Waals surface area (Å²) in [5, 5.41) is 6.75. The molecule has 0 amide bonds. The molecule has 1 aromatic carbocycles. The summed E-state index contributed by atoms with van der Waals surface area (Å²) in [4.78, 5) is 14.9. The Hall–Kier alpha value is -1.39. The van der Waals surface area contributed by atoms with Crippen LogP contribution in [0.25, 0.3) is 0 Å². The van der Waals surface area contributed by atoms with Crippen molar-refractivity contribution in [1.82, 2.24) is 10.2 Å². The zero-order valence-corrected chi connectivity index (χ0v) is 12.3. The fraction of sp³-hybridized carbons (Fsp3) is 0.562. The molecule has 0 bridgehead atoms. The molecule has 2 heterocycles. The van der Waals surface area contributed by atoms with Crippen molar-refractivity contribution in [1.29, 1.82) is 0 Å². The van der Waals surface area contributed by atoms with Crippen molar-refractivity contribution < 1.29 is 4.79 Å². The molecular weight excluding hydrogens is 250 g/mol. The zero-order chi connectivity index (χ0) is 14.1. The van der Waals surface area contributed by atoms with Crippen LogP contribution >= 0.6 is 0 Å². The van der Waals surface area contributed by atoms with E-state index in [-0.39, 0.29) is 11.8 Å². The minimum absolute atomic E-state index is 0.0260. The van der Waals surface area contributed by atoms with Gasteiger partial charge in [0.2, 0.25) is 0 Å². The first kappa shape index (κ1) is 13.6. The van der Waals surface area contributed by atoms with E-state index in [2.05, 4.69) is 34.6 Å². The fourth-order valence-electron chi connectivity index (χ4n) is 3.18. The van der Waals surface area contributed by atoms with Crippen molar-refractivity contribution in [2.45, 2.75) is 32.4 Å². The summed E-state index contributed by atoms with van der Waals surface area (Å²) in [6.07, 6.45) is 1.01. The number of benzene rings is 1. The topological polar surface area (TPSA) is 44.4 Å². The van der Waals surface area contributed by atoms with Crippen LogP contribution in [0.5, 0.6) is 0 Å². The van der Waals surface area contributed by atoms with E-state index in [0.29, 0.717) is 6.04 Å². The monoisotopic (exact) mass is 273 g/mol. The molecule has 0 aliphatic carbocycles. The second-order valence-corrected chi connectivity index (χ2v) is 5.95. The predicted octanol–water partition coefficient (Wildman–Crippen LogP) is 1.52. The molecule has 4 nitrogen and oxygen atoms in total. The van der Waals surface area contributed by atoms with Gasteiger partial charge >= 0.3 is 0 Å². The number of ketones is 1. The van der Waals surface area contributed by atoms with Crippen molar-refractivity contribution in [3.63, 3.8) is 0 Å². The number of anilines is 1. The number of nitrogens with one attached hydrogen (secondary N) is 2. The molecule has 0 aromatic heterocycles. The Morgan fingerprint density at radius 1 is 1.35 bits per heavy atom. The van der Waals surface area contributed by atoms with E-state index in [0.717, 1.165) is 38.2 Å². The lowest BCUT2D eigenvalue weighted by atomic mass is 10.00. The van der Waals surface area contributed by atoms with Crippen molar-refractivity contribution in [3.05, 3.63) is 29.3 Å². The molecule has 1 aromatic rings. The second kappa shape index (κ2) is 5.54. The Morgan fingerprint density at radius 2 is 2.10 bits per heavy atom. The minimum Gasteiger partial charge on any atom is -0.382 e. The molecule has 2 atom stereocenters. The molecular formula is C16H23N3O. The minimum atomic E-state index is -0.0260. The molecule has 108 valence electrons. The quantitative estimate of drug-likeness (QED) is 0.820. The molecule has 1 fully saturated rings. The number of Topliss-reactive ketones (excluding diaryl/α,β-unsaturated/α-hetero) is 1. The molecule has 1 saturated heterocycles. The first-order chi connectivity index (χ1) is 9.65. The van der Waals surface area contributed by atoms with Crippen LogP contribution in [0, 0.1) is 0 Å². The third kappa shape index (κ3) is 2.58. The van der Waals surface area contributed by atoms with Crippen LogP contribution < -0.4 is 10.6 Å². The predicted molar refractivity (Wildman–Crippen MR) is 81.5 cm³/mol. The number of carbonyl (C=O) groups excluding carboxylic acids is 1. The van der Waals surface area contributed by atoms with E-state index >= 15 is 0 Å². The summed E-state index contributed by atoms with van der Waals surface area (Å²) in [6, 6.07) is 6.54. The van der Waals surface area contributed by atoms with Crippen molar-refractivity contribution in [3.8, 4) is 0 Å². The van der Waals surface area contributed by atoms with Crippen LogP contribution in [-0.4, -0.2) is 48.9 Å². The number of carbonyl (C=O) groups is 1. The summed E-state index contributed by atoms with van der Waals surface area (Å²) < 4.78 is 0. The van der Waals surface area contributed by atoms with Crippen molar-refractivity contribution in [2.75, 3.05) is 31.5 Å². The van der Waals surface area contributed by atoms with Gasteiger partial charge in [0.05, 0.1) is 6.04 Å². The SMILES string of the molecule is CC1Cc2cc(C(=O)C(C)N3CCNCC3)ccc2N1. The van der Waals surface area contributed by atoms with E-state index in [1.807, 2.05) is 13.0 Å². The summed E-state index contributed by atoms with van der Waals surface area (Å²) in [5.74, 6) is 0.245. The number of piperazine rings is 1. The summed E-state index contributed by atoms with van der Waals surface area (Å²) in [7, 11) is 0. The maximum absolute atomic E-state index is 12.6. The summed E-state index contributed by atoms with van der Waals surface area (Å²) in [6.45, 7) is 8.06. The third-order valence-electron chi connectivity index (χ3n) is 4.40. The van der Waals surface area contributed by atoms with E-state index in [4.69, 9.17) is 0 Å². The van der Waals surface area contributed by atoms with E-state index < -0.39 is 0 Å². The first-order valence-electron chi connectivity index (χ1n) is 7.53. The van der Waals surface area contributed by atoms with Crippen LogP contribution in [-0.2, 0) is 6.42 Å². The van der Waals surface area contributed by atoms with Crippen LogP contribution in [0.4, 0.5) is 5.69 Å². The van der Waals surface area contributed by atoms with E-state index in [9.17, 15) is 4.79 Å². The lowest BCUT2D eigenvalue weighted by Crippen LogP contribution is -2.50. The van der Waals surface area contributed by atoms with Gasteiger partial charge in [-0.3, -0.25) is 9.69 Å². The molecule has 0 radical (unpaired) electrons. The Morgan fingerprint density at radius 3 is 2.85 bits per heavy atom. The standard InChI is InChI=1S/C16H23N3O/c1-11-9-14-10-13(3-4-15(14)18-11)16(20)12(2)19-7-5-17-6-8-19/h3-4,10-12,17-18H,5-9H2,1-2H3. The highest BCUT2D eigenvalue weighted by Crippen LogP contribution is 2.27. The fourth-order valence-corrected chi connectivity index (χ4v) is 3.18. The van der Waals surface area contributed by atoms with Gasteiger partial charge in [-0.15, -0.1) is 0 Å². The maximum atomic E-state index is 12.6. The van der Waals surface area contributed by atoms with Gasteiger partial charge in [0.25, 0.3) is 0 Å². The number of nitrogens with zero attached hydrogens (tertiary/aromatic N) is 1. The Balaban J connectivity index is 1.75. The van der Waals surface area contributed by atoms with Crippen molar-refractivity contribution in [2.24, 2.45) is 0 Å². The van der Waals surface area contributed by atoms with Gasteiger partial charge in [0.1, 0.15) is 0 Å². The molecule has 2 N–H and O–H groups in total. The number of rotatable bonds is 3. The number of fused-ring (bicyclic) bond motifs is 1. The number of hydrogen-bond acceptors (Lipinski definition) is 4. The molecule has 2 aliphatic heterocycles. The normalized spacial score (nSPS) is 24.0. The Labute approximate surface area is 120 Å². The first-order valence-corrected chi connectivity index (χ1v) is 7.53. The molecule has 0 saturated carbocycles. The third-order valence-corrected chi connectivity index (χ3v) is 4.40. The largest absolute Gasteiger partial charge is 0.382 e. The molecule has 3 rings (SSSR count). The second-order valence-electron chi connectivity index (χ2n) is 5.95. The van der Waals surface area contributed by atoms with Crippen LogP contribution in [0.1, 0.15) is 29.8 Å². The lowest BCUT2D eigenvalue weighted by Gasteiger charge is -2.31. The Bertz CT molecular complexity index is 508. The molecule has 2 unspecified atom stereocenters. The number of hydrogen-bond donors (Lipinski definition) is 2. The van der Waals surface area contributed by atoms with E-state index in [1.165, 1.54) is 11.3 Å². The molecule has 2 aliphatic rings. The van der Waals surface area contributed by atoms with Gasteiger partial charge in [-0.2, -0.15) is 0 Å². The van der Waals surface area contributed by atoms with E-state index in [1.54, 1.807) is 0 Å². The zero-order valence-electron chi connectivity index (χ0n) is 12.3. The average molecular weight is 273 g/mol. The van der Waals surface area contributed by atoms with Crippen molar-refractivity contribution >= 4 is 11.5 Å². The summed E-state index contributed by atoms with van der Waals surface area (Å²) in [5.41, 5.74) is 3.31. The van der Waals surface area contributed by atoms with Crippen LogP contribution in [0.2, 0.25) is 0 Å². The summed E-state index contributed by atoms with van der Waals surface area (Å²) >= 11 is 0. The van der Waals surface area contributed by atoms with Gasteiger partial charge in [-0.25, -0.2) is 0 Å². The molecule has 0 spiro atoms. The average Bonchev–Trinajstić information content (AvgIpc) is 2.85. The van der Waals surface area contributed by atoms with Gasteiger partial charge in [0.15, 0.2) is 5.78 Å². The lowest BCUT2D eigenvalue weighted by molar-refractivity contribution is 0.0820. The van der Waals surface area contributed by atoms with Crippen LogP contribution in [0.3, 0.4) is 0 Å². The highest BCUT2D eigenvalue weighted by Gasteiger charge is 2.25. The highest BCUT2D eigenvalue weighted by atomic mass is 16.1. The van der Waals surface area contributed by atoms with Gasteiger partial charge in [-0.1, -0.05) is 0 Å².